The fourth-order valence-electron chi connectivity index (χ4n) is 2.57. The van der Waals surface area contributed by atoms with Gasteiger partial charge in [-0.05, 0) is 43.3 Å². The number of urea groups is 1. The highest BCUT2D eigenvalue weighted by Gasteiger charge is 2.26. The predicted molar refractivity (Wildman–Crippen MR) is 95.7 cm³/mol. The molecule has 4 nitrogen and oxygen atoms in total. The second-order valence-electron chi connectivity index (χ2n) is 5.39. The number of ether oxygens (including phenoxy) is 1. The van der Waals surface area contributed by atoms with Gasteiger partial charge in [0.25, 0.3) is 0 Å². The summed E-state index contributed by atoms with van der Waals surface area (Å²) in [4.78, 5) is 15.6. The first-order chi connectivity index (χ1) is 11.2. The number of fused-ring (bicyclic) bond motifs is 1. The quantitative estimate of drug-likeness (QED) is 0.894. The van der Waals surface area contributed by atoms with E-state index in [0.717, 1.165) is 22.0 Å². The number of carbonyl (C=O) groups excluding carboxylic acids is 1. The number of para-hydroxylation sites is 1. The molecule has 1 aliphatic rings. The van der Waals surface area contributed by atoms with Crippen LogP contribution in [0.15, 0.2) is 53.4 Å². The maximum Gasteiger partial charge on any atom is 0.326 e. The molecule has 0 saturated carbocycles. The fraction of sp³-hybridized carbons (Fsp3) is 0.278. The molecule has 2 aromatic rings. The molecule has 0 spiro atoms. The van der Waals surface area contributed by atoms with E-state index < -0.39 is 0 Å². The number of nitrogens with one attached hydrogen (secondary N) is 1. The van der Waals surface area contributed by atoms with Crippen LogP contribution in [0.2, 0.25) is 0 Å². The van der Waals surface area contributed by atoms with Crippen molar-refractivity contribution in [2.24, 2.45) is 0 Å². The zero-order valence-corrected chi connectivity index (χ0v) is 14.1. The Morgan fingerprint density at radius 3 is 2.74 bits per heavy atom. The topological polar surface area (TPSA) is 41.6 Å². The molecule has 1 atom stereocenters. The van der Waals surface area contributed by atoms with E-state index >= 15 is 0 Å². The van der Waals surface area contributed by atoms with Crippen LogP contribution < -0.4 is 15.0 Å². The van der Waals surface area contributed by atoms with Crippen LogP contribution in [-0.4, -0.2) is 24.4 Å². The number of anilines is 2. The Morgan fingerprint density at radius 2 is 2.00 bits per heavy atom. The summed E-state index contributed by atoms with van der Waals surface area (Å²) in [5.74, 6) is 0.804. The Bertz CT molecular complexity index is 688. The van der Waals surface area contributed by atoms with Crippen molar-refractivity contribution in [1.82, 2.24) is 0 Å². The first kappa shape index (κ1) is 15.7. The summed E-state index contributed by atoms with van der Waals surface area (Å²) in [6.45, 7) is 5.41. The molecule has 2 amide bonds. The molecular weight excluding hydrogens is 308 g/mol. The van der Waals surface area contributed by atoms with Crippen molar-refractivity contribution < 1.29 is 9.53 Å². The summed E-state index contributed by atoms with van der Waals surface area (Å²) in [5.41, 5.74) is 1.74. The highest BCUT2D eigenvalue weighted by atomic mass is 32.2. The number of thioether (sulfide) groups is 1. The normalized spacial score (nSPS) is 16.6. The largest absolute Gasteiger partial charge is 0.494 e. The number of carbonyl (C=O) groups is 1. The lowest BCUT2D eigenvalue weighted by molar-refractivity contribution is 0.256. The van der Waals surface area contributed by atoms with Crippen molar-refractivity contribution in [3.8, 4) is 5.75 Å². The standard InChI is InChI=1S/C18H20N2O2S/c1-3-22-15-10-8-14(9-11-15)19-18(21)20-12-13(2)23-17-7-5-4-6-16(17)20/h4-11,13H,3,12H2,1-2H3,(H,19,21). The first-order valence-electron chi connectivity index (χ1n) is 7.74. The minimum Gasteiger partial charge on any atom is -0.494 e. The smallest absolute Gasteiger partial charge is 0.326 e. The Labute approximate surface area is 140 Å². The Balaban J connectivity index is 1.75. The molecule has 0 aromatic heterocycles. The molecule has 0 fully saturated rings. The van der Waals surface area contributed by atoms with Crippen LogP contribution in [0, 0.1) is 0 Å². The van der Waals surface area contributed by atoms with Crippen molar-refractivity contribution in [1.29, 1.82) is 0 Å². The summed E-state index contributed by atoms with van der Waals surface area (Å²) >= 11 is 1.81. The van der Waals surface area contributed by atoms with Gasteiger partial charge in [0.2, 0.25) is 0 Å². The van der Waals surface area contributed by atoms with Crippen LogP contribution in [0.3, 0.4) is 0 Å². The van der Waals surface area contributed by atoms with E-state index in [9.17, 15) is 4.79 Å². The van der Waals surface area contributed by atoms with E-state index in [-0.39, 0.29) is 6.03 Å². The maximum absolute atomic E-state index is 12.7. The number of nitrogens with zero attached hydrogens (tertiary/aromatic N) is 1. The maximum atomic E-state index is 12.7. The lowest BCUT2D eigenvalue weighted by Crippen LogP contribution is -2.41. The molecule has 2 aromatic carbocycles. The lowest BCUT2D eigenvalue weighted by Gasteiger charge is -2.32. The van der Waals surface area contributed by atoms with E-state index in [4.69, 9.17) is 4.74 Å². The van der Waals surface area contributed by atoms with Crippen LogP contribution in [0.25, 0.3) is 0 Å². The minimum atomic E-state index is -0.103. The van der Waals surface area contributed by atoms with Gasteiger partial charge in [-0.15, -0.1) is 11.8 Å². The van der Waals surface area contributed by atoms with Gasteiger partial charge in [-0.25, -0.2) is 4.79 Å². The van der Waals surface area contributed by atoms with Gasteiger partial charge in [0.05, 0.1) is 12.3 Å². The van der Waals surface area contributed by atoms with Crippen LogP contribution in [0.5, 0.6) is 5.75 Å². The number of rotatable bonds is 3. The second-order valence-corrected chi connectivity index (χ2v) is 6.87. The summed E-state index contributed by atoms with van der Waals surface area (Å²) in [6.07, 6.45) is 0. The number of hydrogen-bond donors (Lipinski definition) is 1. The Hall–Kier alpha value is -2.14. The molecule has 0 bridgehead atoms. The lowest BCUT2D eigenvalue weighted by atomic mass is 10.2. The SMILES string of the molecule is CCOc1ccc(NC(=O)N2CC(C)Sc3ccccc32)cc1. The molecule has 0 radical (unpaired) electrons. The van der Waals surface area contributed by atoms with E-state index in [1.807, 2.05) is 66.1 Å². The van der Waals surface area contributed by atoms with Gasteiger partial charge in [-0.2, -0.15) is 0 Å². The van der Waals surface area contributed by atoms with Gasteiger partial charge in [0.15, 0.2) is 0 Å². The molecule has 23 heavy (non-hydrogen) atoms. The van der Waals surface area contributed by atoms with Crippen LogP contribution in [0.1, 0.15) is 13.8 Å². The number of hydrogen-bond acceptors (Lipinski definition) is 3. The fourth-order valence-corrected chi connectivity index (χ4v) is 3.69. The third kappa shape index (κ3) is 3.62. The summed E-state index contributed by atoms with van der Waals surface area (Å²) in [7, 11) is 0. The van der Waals surface area contributed by atoms with E-state index in [2.05, 4.69) is 18.3 Å². The van der Waals surface area contributed by atoms with E-state index in [1.165, 1.54) is 0 Å². The van der Waals surface area contributed by atoms with Gasteiger partial charge in [0, 0.05) is 22.4 Å². The summed E-state index contributed by atoms with van der Waals surface area (Å²) in [6, 6.07) is 15.4. The minimum absolute atomic E-state index is 0.103. The molecule has 1 heterocycles. The van der Waals surface area contributed by atoms with Gasteiger partial charge in [-0.1, -0.05) is 19.1 Å². The predicted octanol–water partition coefficient (Wildman–Crippen LogP) is 4.62. The van der Waals surface area contributed by atoms with Crippen molar-refractivity contribution in [3.63, 3.8) is 0 Å². The van der Waals surface area contributed by atoms with Gasteiger partial charge in [0.1, 0.15) is 5.75 Å². The third-order valence-electron chi connectivity index (χ3n) is 3.59. The molecule has 3 rings (SSSR count). The van der Waals surface area contributed by atoms with Crippen molar-refractivity contribution >= 4 is 29.2 Å². The van der Waals surface area contributed by atoms with Gasteiger partial charge in [-0.3, -0.25) is 4.90 Å². The van der Waals surface area contributed by atoms with E-state index in [0.29, 0.717) is 18.4 Å². The molecule has 120 valence electrons. The molecule has 5 heteroatoms. The molecule has 0 saturated heterocycles. The monoisotopic (exact) mass is 328 g/mol. The van der Waals surface area contributed by atoms with Gasteiger partial charge < -0.3 is 10.1 Å². The molecule has 1 aliphatic heterocycles. The summed E-state index contributed by atoms with van der Waals surface area (Å²) < 4.78 is 5.42. The second kappa shape index (κ2) is 6.96. The Kier molecular flexibility index (Phi) is 4.76. The average Bonchev–Trinajstić information content (AvgIpc) is 2.56. The number of amides is 2. The highest BCUT2D eigenvalue weighted by Crippen LogP contribution is 2.38. The van der Waals surface area contributed by atoms with E-state index in [1.54, 1.807) is 0 Å². The molecule has 1 unspecified atom stereocenters. The molecule has 0 aliphatic carbocycles. The zero-order chi connectivity index (χ0) is 16.2. The zero-order valence-electron chi connectivity index (χ0n) is 13.3. The summed E-state index contributed by atoms with van der Waals surface area (Å²) in [5, 5.41) is 3.34. The molecule has 1 N–H and O–H groups in total. The van der Waals surface area contributed by atoms with Crippen molar-refractivity contribution in [2.45, 2.75) is 24.0 Å². The van der Waals surface area contributed by atoms with Crippen LogP contribution >= 0.6 is 11.8 Å². The number of benzene rings is 2. The van der Waals surface area contributed by atoms with Crippen LogP contribution in [-0.2, 0) is 0 Å². The highest BCUT2D eigenvalue weighted by molar-refractivity contribution is 8.00. The first-order valence-corrected chi connectivity index (χ1v) is 8.62. The van der Waals surface area contributed by atoms with Crippen LogP contribution in [0.4, 0.5) is 16.2 Å². The third-order valence-corrected chi connectivity index (χ3v) is 4.74. The Morgan fingerprint density at radius 1 is 1.26 bits per heavy atom. The van der Waals surface area contributed by atoms with Crippen molar-refractivity contribution in [2.75, 3.05) is 23.4 Å². The van der Waals surface area contributed by atoms with Gasteiger partial charge >= 0.3 is 6.03 Å². The molecular formula is C18H20N2O2S. The van der Waals surface area contributed by atoms with Crippen molar-refractivity contribution in [3.05, 3.63) is 48.5 Å². The average molecular weight is 328 g/mol.